The molecule has 0 fully saturated rings. The summed E-state index contributed by atoms with van der Waals surface area (Å²) in [4.78, 5) is 12.4. The van der Waals surface area contributed by atoms with E-state index in [-0.39, 0.29) is 23.7 Å². The summed E-state index contributed by atoms with van der Waals surface area (Å²) in [7, 11) is 1.56. The Morgan fingerprint density at radius 2 is 1.84 bits per heavy atom. The van der Waals surface area contributed by atoms with Gasteiger partial charge in [0.2, 0.25) is 0 Å². The van der Waals surface area contributed by atoms with Crippen LogP contribution in [-0.2, 0) is 6.61 Å². The van der Waals surface area contributed by atoms with Crippen molar-refractivity contribution >= 4 is 23.5 Å². The number of allylic oxidation sites excluding steroid dienone is 1. The molecule has 0 bridgehead atoms. The highest BCUT2D eigenvalue weighted by molar-refractivity contribution is 6.32. The molecule has 0 aliphatic rings. The zero-order valence-electron chi connectivity index (χ0n) is 16.6. The minimum absolute atomic E-state index is 0.0716. The molecule has 0 saturated carbocycles. The van der Waals surface area contributed by atoms with Crippen molar-refractivity contribution in [2.45, 2.75) is 13.2 Å². The van der Waals surface area contributed by atoms with Crippen molar-refractivity contribution in [3.05, 3.63) is 94.5 Å². The van der Waals surface area contributed by atoms with Crippen molar-refractivity contribution in [2.24, 2.45) is 0 Å². The first-order valence-electron chi connectivity index (χ1n) is 9.28. The summed E-state index contributed by atoms with van der Waals surface area (Å²) in [6, 6.07) is 18.2. The van der Waals surface area contributed by atoms with Crippen LogP contribution in [0.15, 0.2) is 72.8 Å². The zero-order chi connectivity index (χ0) is 22.2. The van der Waals surface area contributed by atoms with Gasteiger partial charge in [0, 0.05) is 11.1 Å². The first kappa shape index (κ1) is 22.3. The van der Waals surface area contributed by atoms with Crippen molar-refractivity contribution in [1.29, 1.82) is 0 Å². The molecule has 160 valence electrons. The lowest BCUT2D eigenvalue weighted by atomic mass is 10.1. The summed E-state index contributed by atoms with van der Waals surface area (Å²) in [5.41, 5.74) is 1.75. The molecule has 0 atom stereocenters. The number of ether oxygens (including phenoxy) is 3. The normalized spacial score (nSPS) is 11.0. The standard InChI is InChI=1S/C24H19ClF2O4/c1-29-22-12-10-16(13-18(22)15-30-23-8-3-2-7-20(23)25)9-11-21(28)17-5-4-6-19(14-17)31-24(26)27/h2-14,24H,15H2,1H3/b11-9+. The molecule has 0 aliphatic carbocycles. The van der Waals surface area contributed by atoms with Crippen molar-refractivity contribution in [1.82, 2.24) is 0 Å². The number of methoxy groups -OCH3 is 1. The average molecular weight is 445 g/mol. The number of ketones is 1. The van der Waals surface area contributed by atoms with Gasteiger partial charge in [0.1, 0.15) is 23.9 Å². The van der Waals surface area contributed by atoms with Crippen LogP contribution in [-0.4, -0.2) is 19.5 Å². The number of halogens is 3. The molecule has 31 heavy (non-hydrogen) atoms. The lowest BCUT2D eigenvalue weighted by Gasteiger charge is -2.12. The summed E-state index contributed by atoms with van der Waals surface area (Å²) in [5, 5.41) is 0.501. The van der Waals surface area contributed by atoms with Gasteiger partial charge in [0.15, 0.2) is 5.78 Å². The second-order valence-corrected chi connectivity index (χ2v) is 6.80. The predicted octanol–water partition coefficient (Wildman–Crippen LogP) is 6.43. The fraction of sp³-hybridized carbons (Fsp3) is 0.125. The van der Waals surface area contributed by atoms with Crippen LogP contribution in [0.4, 0.5) is 8.78 Å². The van der Waals surface area contributed by atoms with E-state index in [4.69, 9.17) is 21.1 Å². The van der Waals surface area contributed by atoms with Gasteiger partial charge in [-0.2, -0.15) is 8.78 Å². The van der Waals surface area contributed by atoms with Crippen molar-refractivity contribution < 1.29 is 27.8 Å². The molecule has 3 aromatic rings. The molecule has 0 radical (unpaired) electrons. The van der Waals surface area contributed by atoms with Crippen molar-refractivity contribution in [3.63, 3.8) is 0 Å². The number of hydrogen-bond acceptors (Lipinski definition) is 4. The number of carbonyl (C=O) groups excluding carboxylic acids is 1. The Labute approximate surface area is 183 Å². The van der Waals surface area contributed by atoms with Gasteiger partial charge in [-0.25, -0.2) is 0 Å². The maximum Gasteiger partial charge on any atom is 0.387 e. The van der Waals surface area contributed by atoms with Crippen LogP contribution in [0.3, 0.4) is 0 Å². The van der Waals surface area contributed by atoms with E-state index in [0.717, 1.165) is 11.1 Å². The largest absolute Gasteiger partial charge is 0.496 e. The van der Waals surface area contributed by atoms with Gasteiger partial charge in [-0.05, 0) is 48.0 Å². The van der Waals surface area contributed by atoms with E-state index < -0.39 is 6.61 Å². The smallest absolute Gasteiger partial charge is 0.387 e. The second-order valence-electron chi connectivity index (χ2n) is 6.39. The van der Waals surface area contributed by atoms with E-state index in [0.29, 0.717) is 16.5 Å². The third-order valence-electron chi connectivity index (χ3n) is 4.30. The van der Waals surface area contributed by atoms with Gasteiger partial charge in [0.05, 0.1) is 12.1 Å². The molecule has 0 aliphatic heterocycles. The number of carbonyl (C=O) groups is 1. The number of rotatable bonds is 9. The molecule has 7 heteroatoms. The summed E-state index contributed by atoms with van der Waals surface area (Å²) < 4.78 is 40.2. The first-order chi connectivity index (χ1) is 15.0. The fourth-order valence-electron chi connectivity index (χ4n) is 2.83. The van der Waals surface area contributed by atoms with Crippen LogP contribution in [0, 0.1) is 0 Å². The average Bonchev–Trinajstić information content (AvgIpc) is 2.76. The Morgan fingerprint density at radius 3 is 2.58 bits per heavy atom. The third-order valence-corrected chi connectivity index (χ3v) is 4.61. The summed E-state index contributed by atoms with van der Waals surface area (Å²) in [6.45, 7) is -2.73. The zero-order valence-corrected chi connectivity index (χ0v) is 17.3. The van der Waals surface area contributed by atoms with E-state index in [1.54, 1.807) is 37.5 Å². The highest BCUT2D eigenvalue weighted by atomic mass is 35.5. The SMILES string of the molecule is COc1ccc(/C=C/C(=O)c2cccc(OC(F)F)c2)cc1COc1ccccc1Cl. The quantitative estimate of drug-likeness (QED) is 0.282. The third kappa shape index (κ3) is 6.30. The molecule has 0 saturated heterocycles. The topological polar surface area (TPSA) is 44.8 Å². The monoisotopic (exact) mass is 444 g/mol. The van der Waals surface area contributed by atoms with Gasteiger partial charge in [0.25, 0.3) is 0 Å². The van der Waals surface area contributed by atoms with Gasteiger partial charge >= 0.3 is 6.61 Å². The van der Waals surface area contributed by atoms with Crippen LogP contribution in [0.1, 0.15) is 21.5 Å². The number of benzene rings is 3. The molecule has 3 aromatic carbocycles. The minimum Gasteiger partial charge on any atom is -0.496 e. The fourth-order valence-corrected chi connectivity index (χ4v) is 3.02. The van der Waals surface area contributed by atoms with Crippen LogP contribution >= 0.6 is 11.6 Å². The Balaban J connectivity index is 1.74. The molecule has 4 nitrogen and oxygen atoms in total. The van der Waals surface area contributed by atoms with Gasteiger partial charge in [-0.15, -0.1) is 0 Å². The van der Waals surface area contributed by atoms with Crippen LogP contribution < -0.4 is 14.2 Å². The summed E-state index contributed by atoms with van der Waals surface area (Å²) >= 11 is 6.12. The second kappa shape index (κ2) is 10.6. The van der Waals surface area contributed by atoms with Crippen molar-refractivity contribution in [3.8, 4) is 17.2 Å². The maximum absolute atomic E-state index is 12.4. The van der Waals surface area contributed by atoms with E-state index in [1.165, 1.54) is 30.3 Å². The molecule has 0 N–H and O–H groups in total. The van der Waals surface area contributed by atoms with Crippen LogP contribution in [0.25, 0.3) is 6.08 Å². The summed E-state index contributed by atoms with van der Waals surface area (Å²) in [5.74, 6) is 0.766. The van der Waals surface area contributed by atoms with Crippen molar-refractivity contribution in [2.75, 3.05) is 7.11 Å². The molecule has 0 heterocycles. The maximum atomic E-state index is 12.4. The van der Waals surface area contributed by atoms with Crippen LogP contribution in [0.5, 0.6) is 17.2 Å². The molecule has 0 aromatic heterocycles. The highest BCUT2D eigenvalue weighted by Gasteiger charge is 2.09. The summed E-state index contributed by atoms with van der Waals surface area (Å²) in [6.07, 6.45) is 2.99. The van der Waals surface area contributed by atoms with E-state index in [9.17, 15) is 13.6 Å². The number of para-hydroxylation sites is 1. The van der Waals surface area contributed by atoms with E-state index in [1.807, 2.05) is 18.2 Å². The molecular weight excluding hydrogens is 426 g/mol. The Hall–Kier alpha value is -3.38. The van der Waals surface area contributed by atoms with E-state index >= 15 is 0 Å². The first-order valence-corrected chi connectivity index (χ1v) is 9.65. The minimum atomic E-state index is -2.95. The Kier molecular flexibility index (Phi) is 7.62. The lowest BCUT2D eigenvalue weighted by molar-refractivity contribution is -0.0498. The molecule has 0 spiro atoms. The molecular formula is C24H19ClF2O4. The highest BCUT2D eigenvalue weighted by Crippen LogP contribution is 2.27. The predicted molar refractivity (Wildman–Crippen MR) is 115 cm³/mol. The van der Waals surface area contributed by atoms with Crippen LogP contribution in [0.2, 0.25) is 5.02 Å². The molecule has 3 rings (SSSR count). The van der Waals surface area contributed by atoms with Gasteiger partial charge in [-0.1, -0.05) is 48.0 Å². The molecule has 0 unspecified atom stereocenters. The number of hydrogen-bond donors (Lipinski definition) is 0. The van der Waals surface area contributed by atoms with E-state index in [2.05, 4.69) is 4.74 Å². The Morgan fingerprint density at radius 1 is 1.03 bits per heavy atom. The number of alkyl halides is 2. The van der Waals surface area contributed by atoms with Gasteiger partial charge < -0.3 is 14.2 Å². The van der Waals surface area contributed by atoms with Gasteiger partial charge in [-0.3, -0.25) is 4.79 Å². The Bertz CT molecular complexity index is 1080. The lowest BCUT2D eigenvalue weighted by Crippen LogP contribution is -2.03. The molecule has 0 amide bonds.